The van der Waals surface area contributed by atoms with Gasteiger partial charge in [0.1, 0.15) is 11.6 Å². The molecular formula is C24H26F3N5O2. The van der Waals surface area contributed by atoms with Crippen molar-refractivity contribution in [2.45, 2.75) is 38.5 Å². The molecule has 1 amide bonds. The van der Waals surface area contributed by atoms with Crippen LogP contribution in [0, 0.1) is 13.8 Å². The number of aryl methyl sites for hydroxylation is 1. The van der Waals surface area contributed by atoms with Crippen LogP contribution in [0.2, 0.25) is 0 Å². The van der Waals surface area contributed by atoms with E-state index in [1.807, 2.05) is 6.07 Å². The molecule has 0 unspecified atom stereocenters. The van der Waals surface area contributed by atoms with Crippen molar-refractivity contribution in [1.29, 1.82) is 0 Å². The number of fused-ring (bicyclic) bond motifs is 1. The van der Waals surface area contributed by atoms with Crippen LogP contribution in [0.1, 0.15) is 45.9 Å². The predicted molar refractivity (Wildman–Crippen MR) is 121 cm³/mol. The summed E-state index contributed by atoms with van der Waals surface area (Å²) in [4.78, 5) is 17.0. The van der Waals surface area contributed by atoms with Gasteiger partial charge in [-0.3, -0.25) is 4.79 Å². The van der Waals surface area contributed by atoms with Crippen LogP contribution >= 0.6 is 0 Å². The summed E-state index contributed by atoms with van der Waals surface area (Å²) in [7, 11) is 0. The minimum absolute atomic E-state index is 0.0111. The van der Waals surface area contributed by atoms with Gasteiger partial charge in [-0.15, -0.1) is 0 Å². The number of furan rings is 1. The molecule has 1 aromatic carbocycles. The van der Waals surface area contributed by atoms with E-state index in [4.69, 9.17) is 4.42 Å². The summed E-state index contributed by atoms with van der Waals surface area (Å²) in [6, 6.07) is 8.34. The van der Waals surface area contributed by atoms with Gasteiger partial charge in [0, 0.05) is 44.4 Å². The highest BCUT2D eigenvalue weighted by Crippen LogP contribution is 2.43. The molecule has 2 aromatic heterocycles. The van der Waals surface area contributed by atoms with E-state index in [9.17, 15) is 18.0 Å². The normalized spacial score (nSPS) is 20.7. The molecule has 0 saturated carbocycles. The maximum atomic E-state index is 13.8. The standard InChI is InChI=1S/C24H26F3N5O2/c1-15-5-3-6-19(16(15)2)30-8-10-31(11-9-30)23(33)18-14-22-28-17(20-7-4-12-34-20)13-21(24(25,26)27)32(22)29-18/h3-7,12,14,17,21,28H,8-11,13H2,1-2H3/t17-,21-/m1/s1. The number of carbonyl (C=O) groups is 1. The smallest absolute Gasteiger partial charge is 0.410 e. The molecule has 1 fully saturated rings. The summed E-state index contributed by atoms with van der Waals surface area (Å²) >= 11 is 0. The van der Waals surface area contributed by atoms with Crippen molar-refractivity contribution in [3.63, 3.8) is 0 Å². The molecule has 10 heteroatoms. The molecule has 7 nitrogen and oxygen atoms in total. The second-order valence-corrected chi connectivity index (χ2v) is 8.86. The number of piperazine rings is 1. The number of hydrogen-bond acceptors (Lipinski definition) is 5. The van der Waals surface area contributed by atoms with Gasteiger partial charge in [0.2, 0.25) is 0 Å². The van der Waals surface area contributed by atoms with Gasteiger partial charge < -0.3 is 19.5 Å². The maximum Gasteiger partial charge on any atom is 0.410 e. The molecule has 180 valence electrons. The van der Waals surface area contributed by atoms with E-state index in [1.165, 1.54) is 23.5 Å². The number of amides is 1. The first-order valence-electron chi connectivity index (χ1n) is 11.3. The summed E-state index contributed by atoms with van der Waals surface area (Å²) in [6.07, 6.45) is -3.35. The number of anilines is 2. The monoisotopic (exact) mass is 473 g/mol. The molecule has 3 aromatic rings. The minimum atomic E-state index is -4.51. The van der Waals surface area contributed by atoms with Crippen molar-refractivity contribution in [2.75, 3.05) is 36.4 Å². The number of nitrogens with zero attached hydrogens (tertiary/aromatic N) is 4. The Labute approximate surface area is 195 Å². The molecule has 5 rings (SSSR count). The lowest BCUT2D eigenvalue weighted by Gasteiger charge is -2.36. The third-order valence-corrected chi connectivity index (χ3v) is 6.78. The predicted octanol–water partition coefficient (Wildman–Crippen LogP) is 4.72. The summed E-state index contributed by atoms with van der Waals surface area (Å²) in [5.74, 6) is 0.212. The molecule has 0 bridgehead atoms. The summed E-state index contributed by atoms with van der Waals surface area (Å²) in [5, 5.41) is 7.14. The third kappa shape index (κ3) is 4.01. The summed E-state index contributed by atoms with van der Waals surface area (Å²) in [5.41, 5.74) is 3.57. The van der Waals surface area contributed by atoms with Gasteiger partial charge in [-0.05, 0) is 43.2 Å². The van der Waals surface area contributed by atoms with Crippen molar-refractivity contribution >= 4 is 17.4 Å². The number of nitrogens with one attached hydrogen (secondary N) is 1. The highest BCUT2D eigenvalue weighted by molar-refractivity contribution is 5.93. The zero-order valence-corrected chi connectivity index (χ0v) is 19.0. The van der Waals surface area contributed by atoms with E-state index in [2.05, 4.69) is 41.3 Å². The van der Waals surface area contributed by atoms with Crippen LogP contribution in [-0.2, 0) is 0 Å². The van der Waals surface area contributed by atoms with Crippen molar-refractivity contribution < 1.29 is 22.4 Å². The Morgan fingerprint density at radius 2 is 1.88 bits per heavy atom. The molecule has 0 aliphatic carbocycles. The fourth-order valence-corrected chi connectivity index (χ4v) is 4.74. The Morgan fingerprint density at radius 1 is 1.12 bits per heavy atom. The van der Waals surface area contributed by atoms with Gasteiger partial charge in [0.15, 0.2) is 11.7 Å². The van der Waals surface area contributed by atoms with Crippen molar-refractivity contribution in [2.24, 2.45) is 0 Å². The number of aromatic nitrogens is 2. The van der Waals surface area contributed by atoms with Crippen molar-refractivity contribution in [3.8, 4) is 0 Å². The topological polar surface area (TPSA) is 66.5 Å². The van der Waals surface area contributed by atoms with Crippen LogP contribution in [0.25, 0.3) is 0 Å². The Morgan fingerprint density at radius 3 is 2.56 bits per heavy atom. The zero-order valence-electron chi connectivity index (χ0n) is 19.0. The van der Waals surface area contributed by atoms with E-state index in [1.54, 1.807) is 17.0 Å². The molecule has 4 heterocycles. The van der Waals surface area contributed by atoms with Crippen LogP contribution in [0.4, 0.5) is 24.7 Å². The molecule has 2 aliphatic rings. The summed E-state index contributed by atoms with van der Waals surface area (Å²) < 4.78 is 47.7. The van der Waals surface area contributed by atoms with E-state index < -0.39 is 18.3 Å². The lowest BCUT2D eigenvalue weighted by Crippen LogP contribution is -2.49. The molecule has 0 radical (unpaired) electrons. The number of rotatable bonds is 3. The second-order valence-electron chi connectivity index (χ2n) is 8.86. The van der Waals surface area contributed by atoms with E-state index >= 15 is 0 Å². The van der Waals surface area contributed by atoms with Crippen molar-refractivity contribution in [1.82, 2.24) is 14.7 Å². The quantitative estimate of drug-likeness (QED) is 0.597. The fourth-order valence-electron chi connectivity index (χ4n) is 4.74. The van der Waals surface area contributed by atoms with Gasteiger partial charge in [-0.1, -0.05) is 12.1 Å². The first kappa shape index (κ1) is 22.4. The van der Waals surface area contributed by atoms with Gasteiger partial charge in [0.25, 0.3) is 5.91 Å². The molecule has 0 spiro atoms. The Kier molecular flexibility index (Phi) is 5.53. The van der Waals surface area contributed by atoms with Crippen LogP contribution < -0.4 is 10.2 Å². The first-order valence-corrected chi connectivity index (χ1v) is 11.3. The van der Waals surface area contributed by atoms with Gasteiger partial charge in [-0.2, -0.15) is 18.3 Å². The van der Waals surface area contributed by atoms with E-state index in [-0.39, 0.29) is 23.8 Å². The second kappa shape index (κ2) is 8.41. The number of halogens is 3. The van der Waals surface area contributed by atoms with Crippen LogP contribution in [0.15, 0.2) is 47.1 Å². The van der Waals surface area contributed by atoms with Gasteiger partial charge >= 0.3 is 6.18 Å². The summed E-state index contributed by atoms with van der Waals surface area (Å²) in [6.45, 7) is 6.38. The molecule has 2 atom stereocenters. The average Bonchev–Trinajstić information content (AvgIpc) is 3.49. The highest BCUT2D eigenvalue weighted by Gasteiger charge is 2.47. The lowest BCUT2D eigenvalue weighted by molar-refractivity contribution is -0.174. The van der Waals surface area contributed by atoms with E-state index in [0.717, 1.165) is 10.4 Å². The maximum absolute atomic E-state index is 13.8. The Hall–Kier alpha value is -3.43. The van der Waals surface area contributed by atoms with E-state index in [0.29, 0.717) is 31.9 Å². The number of alkyl halides is 3. The third-order valence-electron chi connectivity index (χ3n) is 6.78. The minimum Gasteiger partial charge on any atom is -0.467 e. The molecular weight excluding hydrogens is 447 g/mol. The fraction of sp³-hybridized carbons (Fsp3) is 0.417. The molecule has 1 saturated heterocycles. The Balaban J connectivity index is 1.34. The molecule has 1 N–H and O–H groups in total. The van der Waals surface area contributed by atoms with Crippen LogP contribution in [-0.4, -0.2) is 52.9 Å². The Bertz CT molecular complexity index is 1180. The lowest BCUT2D eigenvalue weighted by atomic mass is 10.0. The SMILES string of the molecule is Cc1cccc(N2CCN(C(=O)c3cc4n(n3)[C@@H](C(F)(F)F)C[C@H](c3ccco3)N4)CC2)c1C. The van der Waals surface area contributed by atoms with Gasteiger partial charge in [-0.25, -0.2) is 4.68 Å². The van der Waals surface area contributed by atoms with Gasteiger partial charge in [0.05, 0.1) is 12.3 Å². The molecule has 2 aliphatic heterocycles. The number of carbonyl (C=O) groups excluding carboxylic acids is 1. The number of benzene rings is 1. The van der Waals surface area contributed by atoms with Crippen molar-refractivity contribution in [3.05, 3.63) is 65.2 Å². The van der Waals surface area contributed by atoms with Crippen LogP contribution in [0.3, 0.4) is 0 Å². The number of hydrogen-bond donors (Lipinski definition) is 1. The first-order chi connectivity index (χ1) is 16.2. The highest BCUT2D eigenvalue weighted by atomic mass is 19.4. The van der Waals surface area contributed by atoms with Crippen LogP contribution in [0.5, 0.6) is 0 Å². The largest absolute Gasteiger partial charge is 0.467 e. The average molecular weight is 473 g/mol. The zero-order chi connectivity index (χ0) is 24.0. The molecule has 34 heavy (non-hydrogen) atoms.